The summed E-state index contributed by atoms with van der Waals surface area (Å²) in [4.78, 5) is 0. The van der Waals surface area contributed by atoms with Gasteiger partial charge < -0.3 is 5.84 Å². The number of benzene rings is 1. The minimum Gasteiger partial charge on any atom is -0.335 e. The molecule has 1 aromatic heterocycles. The Balaban J connectivity index is 1.87. The first-order chi connectivity index (χ1) is 8.36. The molecule has 2 aromatic rings. The molecule has 0 unspecified atom stereocenters. The van der Waals surface area contributed by atoms with Crippen LogP contribution in [-0.2, 0) is 0 Å². The van der Waals surface area contributed by atoms with E-state index in [-0.39, 0.29) is 0 Å². The fourth-order valence-corrected chi connectivity index (χ4v) is 1.18. The van der Waals surface area contributed by atoms with Crippen molar-refractivity contribution in [3.63, 3.8) is 0 Å². The van der Waals surface area contributed by atoms with Crippen LogP contribution in [-0.4, -0.2) is 21.1 Å². The fraction of sp³-hybridized carbons (Fsp3) is 0. The average molecular weight is 228 g/mol. The molecule has 3 N–H and O–H groups in total. The van der Waals surface area contributed by atoms with E-state index < -0.39 is 0 Å². The highest BCUT2D eigenvalue weighted by molar-refractivity contribution is 5.78. The molecule has 17 heavy (non-hydrogen) atoms. The smallest absolute Gasteiger partial charge is 0.263 e. The summed E-state index contributed by atoms with van der Waals surface area (Å²) in [5.74, 6) is 5.87. The van der Waals surface area contributed by atoms with E-state index in [0.29, 0.717) is 5.95 Å². The molecule has 0 bridgehead atoms. The number of nitrogen functional groups attached to an aromatic ring is 1. The Morgan fingerprint density at radius 1 is 1.29 bits per heavy atom. The van der Waals surface area contributed by atoms with Gasteiger partial charge in [-0.15, -0.1) is 10.2 Å². The van der Waals surface area contributed by atoms with Gasteiger partial charge in [0.05, 0.1) is 0 Å². The second-order valence-electron chi connectivity index (χ2n) is 3.22. The van der Waals surface area contributed by atoms with E-state index >= 15 is 0 Å². The topological polar surface area (TPSA) is 81.1 Å². The van der Waals surface area contributed by atoms with Crippen molar-refractivity contribution >= 4 is 18.2 Å². The van der Waals surface area contributed by atoms with Crippen molar-refractivity contribution in [1.29, 1.82) is 0 Å². The molecule has 0 atom stereocenters. The van der Waals surface area contributed by atoms with Crippen LogP contribution in [0.15, 0.2) is 47.8 Å². The van der Waals surface area contributed by atoms with Crippen molar-refractivity contribution in [3.05, 3.63) is 48.3 Å². The maximum Gasteiger partial charge on any atom is 0.263 e. The van der Waals surface area contributed by atoms with E-state index in [1.165, 1.54) is 11.0 Å². The van der Waals surface area contributed by atoms with Gasteiger partial charge in [0.25, 0.3) is 5.95 Å². The van der Waals surface area contributed by atoms with Gasteiger partial charge in [-0.3, -0.25) is 0 Å². The number of hydrazone groups is 1. The van der Waals surface area contributed by atoms with Gasteiger partial charge in [-0.25, -0.2) is 10.1 Å². The van der Waals surface area contributed by atoms with Gasteiger partial charge in [0.2, 0.25) is 0 Å². The molecule has 0 saturated heterocycles. The highest BCUT2D eigenvalue weighted by Crippen LogP contribution is 2.00. The monoisotopic (exact) mass is 228 g/mol. The first-order valence-electron chi connectivity index (χ1n) is 5.02. The highest BCUT2D eigenvalue weighted by atomic mass is 15.5. The Morgan fingerprint density at radius 3 is 2.82 bits per heavy atom. The van der Waals surface area contributed by atoms with Crippen molar-refractivity contribution in [3.8, 4) is 0 Å². The number of rotatable bonds is 4. The van der Waals surface area contributed by atoms with Crippen LogP contribution in [0.5, 0.6) is 0 Å². The van der Waals surface area contributed by atoms with Crippen LogP contribution in [0.3, 0.4) is 0 Å². The number of anilines is 1. The SMILES string of the molecule is Nn1cnnc1N/N=C\C=C\c1ccccc1. The summed E-state index contributed by atoms with van der Waals surface area (Å²) in [6, 6.07) is 9.95. The maximum atomic E-state index is 5.48. The van der Waals surface area contributed by atoms with Gasteiger partial charge in [-0.05, 0) is 11.6 Å². The van der Waals surface area contributed by atoms with Crippen molar-refractivity contribution in [1.82, 2.24) is 14.9 Å². The predicted octanol–water partition coefficient (Wildman–Crippen LogP) is 1.10. The van der Waals surface area contributed by atoms with Crippen LogP contribution in [0.25, 0.3) is 6.08 Å². The molecule has 0 aliphatic rings. The Morgan fingerprint density at radius 2 is 2.12 bits per heavy atom. The lowest BCUT2D eigenvalue weighted by Gasteiger charge is -1.95. The predicted molar refractivity (Wildman–Crippen MR) is 67.8 cm³/mol. The van der Waals surface area contributed by atoms with Crippen LogP contribution in [0, 0.1) is 0 Å². The molecule has 1 heterocycles. The molecule has 0 radical (unpaired) electrons. The van der Waals surface area contributed by atoms with Gasteiger partial charge in [-0.1, -0.05) is 36.4 Å². The van der Waals surface area contributed by atoms with Crippen molar-refractivity contribution in [2.24, 2.45) is 5.10 Å². The Bertz CT molecular complexity index is 514. The quantitative estimate of drug-likeness (QED) is 0.466. The van der Waals surface area contributed by atoms with Crippen LogP contribution in [0.4, 0.5) is 5.95 Å². The van der Waals surface area contributed by atoms with Crippen LogP contribution < -0.4 is 11.3 Å². The molecule has 6 heteroatoms. The van der Waals surface area contributed by atoms with Crippen molar-refractivity contribution < 1.29 is 0 Å². The lowest BCUT2D eigenvalue weighted by atomic mass is 10.2. The molecule has 0 aliphatic carbocycles. The average Bonchev–Trinajstić information content (AvgIpc) is 2.76. The largest absolute Gasteiger partial charge is 0.335 e. The second kappa shape index (κ2) is 5.45. The van der Waals surface area contributed by atoms with E-state index in [0.717, 1.165) is 5.56 Å². The van der Waals surface area contributed by atoms with Gasteiger partial charge in [0.1, 0.15) is 6.33 Å². The minimum atomic E-state index is 0.384. The van der Waals surface area contributed by atoms with Crippen LogP contribution >= 0.6 is 0 Å². The molecule has 0 fully saturated rings. The zero-order chi connectivity index (χ0) is 11.9. The second-order valence-corrected chi connectivity index (χ2v) is 3.22. The van der Waals surface area contributed by atoms with E-state index in [1.807, 2.05) is 42.5 Å². The molecule has 1 aromatic carbocycles. The normalized spacial score (nSPS) is 11.3. The van der Waals surface area contributed by atoms with E-state index in [4.69, 9.17) is 5.84 Å². The summed E-state index contributed by atoms with van der Waals surface area (Å²) >= 11 is 0. The fourth-order valence-electron chi connectivity index (χ4n) is 1.18. The highest BCUT2D eigenvalue weighted by Gasteiger charge is 1.95. The number of hydrogen-bond acceptors (Lipinski definition) is 5. The Labute approximate surface area is 98.4 Å². The molecular formula is C11H12N6. The summed E-state index contributed by atoms with van der Waals surface area (Å²) < 4.78 is 1.25. The number of nitrogens with one attached hydrogen (secondary N) is 1. The van der Waals surface area contributed by atoms with Gasteiger partial charge in [0.15, 0.2) is 0 Å². The number of allylic oxidation sites excluding steroid dienone is 1. The number of nitrogens with two attached hydrogens (primary N) is 1. The zero-order valence-electron chi connectivity index (χ0n) is 9.06. The molecule has 0 saturated carbocycles. The molecule has 0 aliphatic heterocycles. The van der Waals surface area contributed by atoms with Crippen molar-refractivity contribution in [2.75, 3.05) is 11.3 Å². The lowest BCUT2D eigenvalue weighted by molar-refractivity contribution is 0.988. The maximum absolute atomic E-state index is 5.48. The third-order valence-corrected chi connectivity index (χ3v) is 1.99. The summed E-state index contributed by atoms with van der Waals surface area (Å²) in [6.07, 6.45) is 6.76. The summed E-state index contributed by atoms with van der Waals surface area (Å²) in [6.45, 7) is 0. The molecule has 2 rings (SSSR count). The summed E-state index contributed by atoms with van der Waals surface area (Å²) in [7, 11) is 0. The molecular weight excluding hydrogens is 216 g/mol. The third-order valence-electron chi connectivity index (χ3n) is 1.99. The Kier molecular flexibility index (Phi) is 3.49. The van der Waals surface area contributed by atoms with Gasteiger partial charge >= 0.3 is 0 Å². The van der Waals surface area contributed by atoms with Gasteiger partial charge in [-0.2, -0.15) is 5.10 Å². The number of aromatic nitrogens is 3. The van der Waals surface area contributed by atoms with E-state index in [9.17, 15) is 0 Å². The first kappa shape index (κ1) is 10.9. The summed E-state index contributed by atoms with van der Waals surface area (Å²) in [5, 5.41) is 11.2. The van der Waals surface area contributed by atoms with E-state index in [2.05, 4.69) is 20.7 Å². The zero-order valence-corrected chi connectivity index (χ0v) is 9.06. The Hall–Kier alpha value is -2.63. The number of nitrogens with zero attached hydrogens (tertiary/aromatic N) is 4. The minimum absolute atomic E-state index is 0.384. The lowest BCUT2D eigenvalue weighted by Crippen LogP contribution is -2.10. The van der Waals surface area contributed by atoms with Gasteiger partial charge in [0, 0.05) is 6.21 Å². The van der Waals surface area contributed by atoms with Crippen LogP contribution in [0.2, 0.25) is 0 Å². The summed E-state index contributed by atoms with van der Waals surface area (Å²) in [5.41, 5.74) is 3.77. The first-order valence-corrected chi connectivity index (χ1v) is 5.02. The molecule has 0 amide bonds. The van der Waals surface area contributed by atoms with Crippen LogP contribution in [0.1, 0.15) is 5.56 Å². The molecule has 86 valence electrons. The third kappa shape index (κ3) is 3.16. The standard InChI is InChI=1S/C11H12N6/c12-17-9-14-16-11(17)15-13-8-4-7-10-5-2-1-3-6-10/h1-9H,12H2,(H,15,16)/b7-4+,13-8-. The van der Waals surface area contributed by atoms with E-state index in [1.54, 1.807) is 6.21 Å². The number of hydrogen-bond donors (Lipinski definition) is 2. The molecule has 0 spiro atoms. The van der Waals surface area contributed by atoms with Crippen molar-refractivity contribution in [2.45, 2.75) is 0 Å². The molecule has 6 nitrogen and oxygen atoms in total.